The van der Waals surface area contributed by atoms with Crippen molar-refractivity contribution in [1.82, 2.24) is 14.7 Å². The fourth-order valence-electron chi connectivity index (χ4n) is 3.05. The number of rotatable bonds is 2. The van der Waals surface area contributed by atoms with Crippen LogP contribution in [0, 0.1) is 0 Å². The van der Waals surface area contributed by atoms with Gasteiger partial charge in [0.2, 0.25) is 0 Å². The van der Waals surface area contributed by atoms with Crippen molar-refractivity contribution in [2.24, 2.45) is 0 Å². The summed E-state index contributed by atoms with van der Waals surface area (Å²) in [6.07, 6.45) is 0.626. The van der Waals surface area contributed by atoms with Crippen LogP contribution in [-0.2, 0) is 4.74 Å². The smallest absolute Gasteiger partial charge is 0.410 e. The fourth-order valence-corrected chi connectivity index (χ4v) is 3.58. The average molecular weight is 428 g/mol. The average Bonchev–Trinajstić information content (AvgIpc) is 2.94. The van der Waals surface area contributed by atoms with Crippen LogP contribution in [0.3, 0.4) is 0 Å². The van der Waals surface area contributed by atoms with Gasteiger partial charge in [-0.3, -0.25) is 4.68 Å². The third kappa shape index (κ3) is 3.95. The van der Waals surface area contributed by atoms with E-state index in [1.165, 1.54) is 4.90 Å². The summed E-state index contributed by atoms with van der Waals surface area (Å²) in [6.45, 7) is 5.83. The second-order valence-corrected chi connectivity index (χ2v) is 8.31. The van der Waals surface area contributed by atoms with Gasteiger partial charge >= 0.3 is 6.09 Å². The van der Waals surface area contributed by atoms with E-state index in [1.54, 1.807) is 32.6 Å². The number of fused-ring (bicyclic) bond motifs is 1. The summed E-state index contributed by atoms with van der Waals surface area (Å²) in [7, 11) is 1.59. The molecule has 1 fully saturated rings. The third-order valence-electron chi connectivity index (χ3n) is 4.29. The van der Waals surface area contributed by atoms with Crippen molar-refractivity contribution in [1.29, 1.82) is 0 Å². The van der Waals surface area contributed by atoms with Gasteiger partial charge < -0.3 is 14.4 Å². The van der Waals surface area contributed by atoms with Crippen molar-refractivity contribution in [3.63, 3.8) is 0 Å². The van der Waals surface area contributed by atoms with Gasteiger partial charge in [0, 0.05) is 24.2 Å². The predicted octanol–water partition coefficient (Wildman–Crippen LogP) is 4.33. The Morgan fingerprint density at radius 3 is 2.73 bits per heavy atom. The summed E-state index contributed by atoms with van der Waals surface area (Å²) in [4.78, 5) is 13.6. The molecule has 142 valence electrons. The van der Waals surface area contributed by atoms with E-state index in [9.17, 15) is 9.18 Å². The van der Waals surface area contributed by atoms with E-state index in [-0.39, 0.29) is 6.54 Å². The number of carbonyl (C=O) groups is 1. The van der Waals surface area contributed by atoms with E-state index >= 15 is 0 Å². The van der Waals surface area contributed by atoms with Crippen LogP contribution in [0.4, 0.5) is 9.18 Å². The molecule has 1 amide bonds. The molecule has 0 bridgehead atoms. The van der Waals surface area contributed by atoms with Gasteiger partial charge in [0.05, 0.1) is 29.7 Å². The minimum atomic E-state index is -1.21. The lowest BCUT2D eigenvalue weighted by atomic mass is 10.0. The highest BCUT2D eigenvalue weighted by molar-refractivity contribution is 9.10. The van der Waals surface area contributed by atoms with Gasteiger partial charge in [-0.25, -0.2) is 9.18 Å². The molecule has 1 aromatic carbocycles. The van der Waals surface area contributed by atoms with Gasteiger partial charge in [-0.15, -0.1) is 0 Å². The zero-order chi connectivity index (χ0) is 19.1. The molecule has 8 heteroatoms. The molecular weight excluding hydrogens is 405 g/mol. The molecule has 2 atom stereocenters. The summed E-state index contributed by atoms with van der Waals surface area (Å²) in [6, 6.07) is 3.31. The van der Waals surface area contributed by atoms with Crippen LogP contribution in [-0.4, -0.2) is 52.7 Å². The Labute approximate surface area is 160 Å². The minimum absolute atomic E-state index is 0.00278. The molecule has 1 aromatic heterocycles. The van der Waals surface area contributed by atoms with Crippen LogP contribution in [0.15, 0.2) is 22.8 Å². The summed E-state index contributed by atoms with van der Waals surface area (Å²) >= 11 is 3.45. The van der Waals surface area contributed by atoms with Crippen LogP contribution < -0.4 is 4.74 Å². The highest BCUT2D eigenvalue weighted by atomic mass is 79.9. The van der Waals surface area contributed by atoms with Crippen molar-refractivity contribution < 1.29 is 18.7 Å². The monoisotopic (exact) mass is 427 g/mol. The maximum absolute atomic E-state index is 14.8. The van der Waals surface area contributed by atoms with E-state index in [2.05, 4.69) is 21.0 Å². The second-order valence-electron chi connectivity index (χ2n) is 7.45. The van der Waals surface area contributed by atoms with Crippen LogP contribution in [0.25, 0.3) is 10.9 Å². The third-order valence-corrected chi connectivity index (χ3v) is 4.91. The van der Waals surface area contributed by atoms with Gasteiger partial charge in [-0.05, 0) is 49.2 Å². The molecule has 1 aliphatic heterocycles. The molecule has 6 nitrogen and oxygen atoms in total. The fraction of sp³-hybridized carbons (Fsp3) is 0.556. The molecule has 1 aliphatic rings. The molecule has 0 spiro atoms. The maximum Gasteiger partial charge on any atom is 0.410 e. The highest BCUT2D eigenvalue weighted by Gasteiger charge is 2.35. The molecule has 2 aromatic rings. The number of likely N-dealkylation sites (tertiary alicyclic amines) is 1. The predicted molar refractivity (Wildman–Crippen MR) is 100 cm³/mol. The number of hydrogen-bond donors (Lipinski definition) is 0. The van der Waals surface area contributed by atoms with E-state index in [0.29, 0.717) is 18.7 Å². The molecule has 0 saturated carbocycles. The van der Waals surface area contributed by atoms with Crippen LogP contribution in [0.5, 0.6) is 5.75 Å². The Kier molecular flexibility index (Phi) is 5.14. The van der Waals surface area contributed by atoms with Gasteiger partial charge in [-0.1, -0.05) is 0 Å². The summed E-state index contributed by atoms with van der Waals surface area (Å²) in [5, 5.41) is 5.41. The zero-order valence-electron chi connectivity index (χ0n) is 15.3. The number of piperidine rings is 1. The Bertz CT molecular complexity index is 818. The number of benzene rings is 1. The molecule has 0 radical (unpaired) electrons. The summed E-state index contributed by atoms with van der Waals surface area (Å²) in [5.41, 5.74) is 0.151. The number of aromatic nitrogens is 2. The lowest BCUT2D eigenvalue weighted by Gasteiger charge is -2.35. The molecule has 2 unspecified atom stereocenters. The summed E-state index contributed by atoms with van der Waals surface area (Å²) < 4.78 is 27.9. The van der Waals surface area contributed by atoms with Crippen molar-refractivity contribution >= 4 is 32.9 Å². The summed E-state index contributed by atoms with van der Waals surface area (Å²) in [5.74, 6) is 0.680. The lowest BCUT2D eigenvalue weighted by molar-refractivity contribution is 0.00581. The van der Waals surface area contributed by atoms with E-state index in [0.717, 1.165) is 15.4 Å². The number of nitrogens with zero attached hydrogens (tertiary/aromatic N) is 3. The van der Waals surface area contributed by atoms with Gasteiger partial charge in [0.1, 0.15) is 17.5 Å². The zero-order valence-corrected chi connectivity index (χ0v) is 16.9. The quantitative estimate of drug-likeness (QED) is 0.715. The standard InChI is InChI=1S/C18H23BrFN3O3/c1-18(2,3)26-17(24)22-6-5-15(13(20)10-22)23-9-11-7-12(19)16(25-4)8-14(11)21-23/h7-9,13,15H,5-6,10H2,1-4H3. The molecule has 2 heterocycles. The number of carbonyl (C=O) groups excluding carboxylic acids is 1. The Morgan fingerprint density at radius 2 is 2.12 bits per heavy atom. The van der Waals surface area contributed by atoms with Crippen LogP contribution in [0.2, 0.25) is 0 Å². The number of amides is 1. The van der Waals surface area contributed by atoms with Crippen molar-refractivity contribution in [2.45, 2.75) is 45.0 Å². The molecule has 3 rings (SSSR count). The first-order valence-corrected chi connectivity index (χ1v) is 9.31. The Morgan fingerprint density at radius 1 is 1.38 bits per heavy atom. The first-order chi connectivity index (χ1) is 12.2. The van der Waals surface area contributed by atoms with Gasteiger partial charge in [0.25, 0.3) is 0 Å². The van der Waals surface area contributed by atoms with Crippen molar-refractivity contribution in [2.75, 3.05) is 20.2 Å². The molecule has 0 N–H and O–H groups in total. The van der Waals surface area contributed by atoms with Crippen LogP contribution in [0.1, 0.15) is 33.2 Å². The number of halogens is 2. The number of hydrogen-bond acceptors (Lipinski definition) is 4. The highest BCUT2D eigenvalue weighted by Crippen LogP contribution is 2.32. The molecule has 26 heavy (non-hydrogen) atoms. The van der Waals surface area contributed by atoms with Gasteiger partial charge in [-0.2, -0.15) is 5.10 Å². The molecular formula is C18H23BrFN3O3. The van der Waals surface area contributed by atoms with Crippen molar-refractivity contribution in [3.8, 4) is 5.75 Å². The number of alkyl halides is 1. The lowest BCUT2D eigenvalue weighted by Crippen LogP contribution is -2.47. The number of ether oxygens (including phenoxy) is 2. The van der Waals surface area contributed by atoms with E-state index in [1.807, 2.05) is 18.3 Å². The first-order valence-electron chi connectivity index (χ1n) is 8.52. The Balaban J connectivity index is 1.75. The molecule has 1 saturated heterocycles. The topological polar surface area (TPSA) is 56.6 Å². The Hall–Kier alpha value is -1.83. The normalized spacial score (nSPS) is 21.1. The maximum atomic E-state index is 14.8. The SMILES string of the molecule is COc1cc2nn(C3CCN(C(=O)OC(C)(C)C)CC3F)cc2cc1Br. The van der Waals surface area contributed by atoms with E-state index in [4.69, 9.17) is 9.47 Å². The van der Waals surface area contributed by atoms with Crippen LogP contribution >= 0.6 is 15.9 Å². The largest absolute Gasteiger partial charge is 0.495 e. The van der Waals surface area contributed by atoms with Crippen molar-refractivity contribution in [3.05, 3.63) is 22.8 Å². The first kappa shape index (κ1) is 18.9. The van der Waals surface area contributed by atoms with E-state index < -0.39 is 23.9 Å². The minimum Gasteiger partial charge on any atom is -0.495 e. The van der Waals surface area contributed by atoms with Gasteiger partial charge in [0.15, 0.2) is 0 Å². The number of methoxy groups -OCH3 is 1. The molecule has 0 aliphatic carbocycles. The second kappa shape index (κ2) is 7.06.